The first-order valence-electron chi connectivity index (χ1n) is 11.0. The number of hydrogen-bond donors (Lipinski definition) is 2. The second-order valence-corrected chi connectivity index (χ2v) is 9.07. The van der Waals surface area contributed by atoms with Crippen LogP contribution < -0.4 is 11.1 Å². The molecular formula is C26H26N4O2S. The first-order chi connectivity index (χ1) is 16.1. The molecule has 2 amide bonds. The van der Waals surface area contributed by atoms with E-state index in [9.17, 15) is 9.59 Å². The van der Waals surface area contributed by atoms with Gasteiger partial charge in [0.15, 0.2) is 0 Å². The van der Waals surface area contributed by atoms with Gasteiger partial charge in [-0.1, -0.05) is 60.7 Å². The van der Waals surface area contributed by atoms with Gasteiger partial charge in [-0.2, -0.15) is 5.26 Å². The zero-order chi connectivity index (χ0) is 23.2. The third kappa shape index (κ3) is 5.14. The van der Waals surface area contributed by atoms with Crippen LogP contribution in [0.25, 0.3) is 0 Å². The van der Waals surface area contributed by atoms with Gasteiger partial charge < -0.3 is 16.0 Å². The lowest BCUT2D eigenvalue weighted by Crippen LogP contribution is -2.52. The maximum Gasteiger partial charge on any atom is 0.243 e. The van der Waals surface area contributed by atoms with Crippen LogP contribution in [0.5, 0.6) is 0 Å². The molecule has 3 aromatic rings. The fourth-order valence-corrected chi connectivity index (χ4v) is 5.10. The van der Waals surface area contributed by atoms with Gasteiger partial charge in [0.2, 0.25) is 11.8 Å². The van der Waals surface area contributed by atoms with Gasteiger partial charge in [0.05, 0.1) is 6.04 Å². The predicted molar refractivity (Wildman–Crippen MR) is 128 cm³/mol. The molecule has 1 aromatic heterocycles. The van der Waals surface area contributed by atoms with E-state index in [0.717, 1.165) is 23.1 Å². The lowest BCUT2D eigenvalue weighted by atomic mass is 9.84. The molecule has 33 heavy (non-hydrogen) atoms. The molecule has 0 saturated carbocycles. The number of likely N-dealkylation sites (tertiary alicyclic amines) is 1. The monoisotopic (exact) mass is 458 g/mol. The maximum atomic E-state index is 13.6. The molecule has 7 heteroatoms. The lowest BCUT2D eigenvalue weighted by molar-refractivity contribution is -0.139. The third-order valence-electron chi connectivity index (χ3n) is 6.03. The first kappa shape index (κ1) is 22.7. The van der Waals surface area contributed by atoms with Crippen molar-refractivity contribution in [3.63, 3.8) is 0 Å². The molecule has 0 bridgehead atoms. The molecule has 0 spiro atoms. The van der Waals surface area contributed by atoms with E-state index in [1.807, 2.05) is 66.0 Å². The van der Waals surface area contributed by atoms with E-state index in [0.29, 0.717) is 24.4 Å². The van der Waals surface area contributed by atoms with Crippen LogP contribution in [0.1, 0.15) is 40.3 Å². The molecule has 0 aliphatic carbocycles. The van der Waals surface area contributed by atoms with Crippen LogP contribution in [0.2, 0.25) is 0 Å². The highest BCUT2D eigenvalue weighted by atomic mass is 32.1. The Labute approximate surface area is 197 Å². The van der Waals surface area contributed by atoms with E-state index < -0.39 is 12.1 Å². The minimum Gasteiger partial charge on any atom is -0.350 e. The summed E-state index contributed by atoms with van der Waals surface area (Å²) in [6.45, 7) is 0.843. The largest absolute Gasteiger partial charge is 0.350 e. The van der Waals surface area contributed by atoms with E-state index in [-0.39, 0.29) is 17.7 Å². The topological polar surface area (TPSA) is 99.2 Å². The molecule has 3 N–H and O–H groups in total. The smallest absolute Gasteiger partial charge is 0.243 e. The summed E-state index contributed by atoms with van der Waals surface area (Å²) in [6, 6.07) is 22.1. The van der Waals surface area contributed by atoms with E-state index in [4.69, 9.17) is 11.0 Å². The second kappa shape index (κ2) is 10.4. The van der Waals surface area contributed by atoms with Crippen molar-refractivity contribution >= 4 is 23.2 Å². The molecule has 1 fully saturated rings. The van der Waals surface area contributed by atoms with Crippen LogP contribution in [0.3, 0.4) is 0 Å². The number of nitriles is 1. The van der Waals surface area contributed by atoms with Crippen LogP contribution in [0.15, 0.2) is 72.1 Å². The fourth-order valence-electron chi connectivity index (χ4n) is 4.40. The average Bonchev–Trinajstić information content (AvgIpc) is 3.53. The Morgan fingerprint density at radius 3 is 2.33 bits per heavy atom. The normalized spacial score (nSPS) is 16.4. The quantitative estimate of drug-likeness (QED) is 0.567. The van der Waals surface area contributed by atoms with Crippen molar-refractivity contribution in [3.8, 4) is 6.07 Å². The molecule has 0 unspecified atom stereocenters. The molecule has 0 radical (unpaired) electrons. The molecule has 1 aliphatic rings. The van der Waals surface area contributed by atoms with Crippen molar-refractivity contribution in [2.24, 2.45) is 5.73 Å². The Morgan fingerprint density at radius 1 is 1.12 bits per heavy atom. The number of nitrogens with one attached hydrogen (secondary N) is 1. The standard InChI is InChI=1S/C26H26N4O2S/c27-15-21-14-18(17-33-21)16-29-25(31)22-12-7-13-30(22)26(32)24(28)23(19-8-3-1-4-9-19)20-10-5-2-6-11-20/h1-6,8-11,14,17,22-24H,7,12-13,16,28H2,(H,29,31)/t22-,24+/m0/s1. The zero-order valence-corrected chi connectivity index (χ0v) is 19.0. The maximum absolute atomic E-state index is 13.6. The summed E-state index contributed by atoms with van der Waals surface area (Å²) < 4.78 is 0. The van der Waals surface area contributed by atoms with E-state index in [1.54, 1.807) is 11.0 Å². The third-order valence-corrected chi connectivity index (χ3v) is 6.91. The van der Waals surface area contributed by atoms with Gasteiger partial charge in [0.1, 0.15) is 17.0 Å². The minimum absolute atomic E-state index is 0.186. The Hall–Kier alpha value is -3.47. The number of amides is 2. The zero-order valence-electron chi connectivity index (χ0n) is 18.2. The number of hydrogen-bond acceptors (Lipinski definition) is 5. The fraction of sp³-hybridized carbons (Fsp3) is 0.269. The molecule has 4 rings (SSSR count). The van der Waals surface area contributed by atoms with Gasteiger partial charge in [0.25, 0.3) is 0 Å². The molecule has 168 valence electrons. The van der Waals surface area contributed by atoms with Crippen molar-refractivity contribution in [3.05, 3.63) is 93.7 Å². The van der Waals surface area contributed by atoms with Crippen LogP contribution in [-0.4, -0.2) is 35.3 Å². The van der Waals surface area contributed by atoms with Gasteiger partial charge in [0, 0.05) is 19.0 Å². The Bertz CT molecular complexity index is 1100. The summed E-state index contributed by atoms with van der Waals surface area (Å²) in [5.74, 6) is -0.708. The highest BCUT2D eigenvalue weighted by molar-refractivity contribution is 7.10. The molecule has 6 nitrogen and oxygen atoms in total. The summed E-state index contributed by atoms with van der Waals surface area (Å²) in [4.78, 5) is 28.7. The number of rotatable bonds is 7. The van der Waals surface area contributed by atoms with Crippen LogP contribution >= 0.6 is 11.3 Å². The Balaban J connectivity index is 1.50. The van der Waals surface area contributed by atoms with E-state index >= 15 is 0 Å². The molecule has 2 atom stereocenters. The van der Waals surface area contributed by atoms with Crippen molar-refractivity contribution in [1.82, 2.24) is 10.2 Å². The number of carbonyl (C=O) groups excluding carboxylic acids is 2. The second-order valence-electron chi connectivity index (χ2n) is 8.16. The van der Waals surface area contributed by atoms with Crippen molar-refractivity contribution in [2.45, 2.75) is 37.4 Å². The highest BCUT2D eigenvalue weighted by Crippen LogP contribution is 2.30. The minimum atomic E-state index is -0.807. The highest BCUT2D eigenvalue weighted by Gasteiger charge is 2.39. The van der Waals surface area contributed by atoms with E-state index in [1.165, 1.54) is 11.3 Å². The number of nitrogens with two attached hydrogens (primary N) is 1. The number of nitrogens with zero attached hydrogens (tertiary/aromatic N) is 2. The summed E-state index contributed by atoms with van der Waals surface area (Å²) in [6.07, 6.45) is 1.37. The Morgan fingerprint density at radius 2 is 1.76 bits per heavy atom. The SMILES string of the molecule is N#Cc1cc(CNC(=O)[C@@H]2CCCN2C(=O)[C@H](N)C(c2ccccc2)c2ccccc2)cs1. The molecule has 2 aromatic carbocycles. The van der Waals surface area contributed by atoms with Crippen LogP contribution in [-0.2, 0) is 16.1 Å². The van der Waals surface area contributed by atoms with Gasteiger partial charge >= 0.3 is 0 Å². The van der Waals surface area contributed by atoms with Crippen molar-refractivity contribution in [2.75, 3.05) is 6.54 Å². The van der Waals surface area contributed by atoms with Crippen LogP contribution in [0.4, 0.5) is 0 Å². The molecule has 1 saturated heterocycles. The number of carbonyl (C=O) groups is 2. The first-order valence-corrected chi connectivity index (χ1v) is 11.9. The lowest BCUT2D eigenvalue weighted by Gasteiger charge is -2.31. The predicted octanol–water partition coefficient (Wildman–Crippen LogP) is 3.39. The van der Waals surface area contributed by atoms with Gasteiger partial charge in [-0.15, -0.1) is 11.3 Å². The molecular weight excluding hydrogens is 432 g/mol. The summed E-state index contributed by atoms with van der Waals surface area (Å²) in [7, 11) is 0. The molecule has 1 aliphatic heterocycles. The van der Waals surface area contributed by atoms with Gasteiger partial charge in [-0.05, 0) is 41.0 Å². The number of benzene rings is 2. The molecule has 2 heterocycles. The van der Waals surface area contributed by atoms with Gasteiger partial charge in [-0.3, -0.25) is 9.59 Å². The summed E-state index contributed by atoms with van der Waals surface area (Å²) in [5, 5.41) is 13.8. The Kier molecular flexibility index (Phi) is 7.18. The van der Waals surface area contributed by atoms with Gasteiger partial charge in [-0.25, -0.2) is 0 Å². The number of thiophene rings is 1. The van der Waals surface area contributed by atoms with Crippen molar-refractivity contribution < 1.29 is 9.59 Å². The van der Waals surface area contributed by atoms with Crippen LogP contribution in [0, 0.1) is 11.3 Å². The van der Waals surface area contributed by atoms with E-state index in [2.05, 4.69) is 11.4 Å². The average molecular weight is 459 g/mol. The summed E-state index contributed by atoms with van der Waals surface area (Å²) in [5.41, 5.74) is 9.42. The van der Waals surface area contributed by atoms with Crippen molar-refractivity contribution in [1.29, 1.82) is 5.26 Å². The summed E-state index contributed by atoms with van der Waals surface area (Å²) >= 11 is 1.35.